The number of hydrogen-bond acceptors (Lipinski definition) is 4. The third-order valence-electron chi connectivity index (χ3n) is 4.53. The number of carbonyl (C=O) groups excluding carboxylic acids is 1. The van der Waals surface area contributed by atoms with Crippen molar-refractivity contribution in [3.63, 3.8) is 0 Å². The molecule has 1 aliphatic carbocycles. The number of aromatic nitrogens is 1. The van der Waals surface area contributed by atoms with Crippen LogP contribution in [0.2, 0.25) is 0 Å². The second-order valence-electron chi connectivity index (χ2n) is 6.46. The van der Waals surface area contributed by atoms with E-state index in [0.29, 0.717) is 19.0 Å². The minimum absolute atomic E-state index is 0.0109. The molecule has 26 heavy (non-hydrogen) atoms. The quantitative estimate of drug-likeness (QED) is 0.707. The van der Waals surface area contributed by atoms with Gasteiger partial charge in [0.15, 0.2) is 0 Å². The number of hydrogen-bond donors (Lipinski definition) is 1. The summed E-state index contributed by atoms with van der Waals surface area (Å²) in [5, 5.41) is 2.99. The minimum Gasteiger partial charge on any atom is -0.473 e. The van der Waals surface area contributed by atoms with E-state index in [0.717, 1.165) is 23.3 Å². The highest BCUT2D eigenvalue weighted by Crippen LogP contribution is 2.47. The molecule has 1 fully saturated rings. The Morgan fingerprint density at radius 3 is 2.85 bits per heavy atom. The maximum Gasteiger partial charge on any atom is 0.224 e. The Bertz CT molecular complexity index is 862. The Balaban J connectivity index is 1.28. The third kappa shape index (κ3) is 3.94. The molecule has 5 heteroatoms. The average Bonchev–Trinajstić information content (AvgIpc) is 3.30. The average molecular weight is 348 g/mol. The van der Waals surface area contributed by atoms with E-state index in [1.54, 1.807) is 12.5 Å². The molecule has 0 radical (unpaired) electrons. The van der Waals surface area contributed by atoms with E-state index in [9.17, 15) is 4.79 Å². The molecule has 0 saturated heterocycles. The van der Waals surface area contributed by atoms with Crippen LogP contribution in [0.4, 0.5) is 0 Å². The van der Waals surface area contributed by atoms with Crippen molar-refractivity contribution in [2.75, 3.05) is 0 Å². The second kappa shape index (κ2) is 7.44. The fourth-order valence-corrected chi connectivity index (χ4v) is 2.99. The zero-order valence-electron chi connectivity index (χ0n) is 14.3. The lowest BCUT2D eigenvalue weighted by Gasteiger charge is -2.08. The van der Waals surface area contributed by atoms with Crippen LogP contribution in [0.15, 0.2) is 71.5 Å². The molecule has 3 aromatic rings. The van der Waals surface area contributed by atoms with Crippen LogP contribution in [-0.4, -0.2) is 10.9 Å². The molecular formula is C21H20N2O3. The number of furan rings is 1. The summed E-state index contributed by atoms with van der Waals surface area (Å²) in [5.41, 5.74) is 2.05. The fraction of sp³-hybridized carbons (Fsp3) is 0.238. The fourth-order valence-electron chi connectivity index (χ4n) is 2.99. The summed E-state index contributed by atoms with van der Waals surface area (Å²) in [6, 6.07) is 17.5. The van der Waals surface area contributed by atoms with E-state index in [4.69, 9.17) is 9.15 Å². The Kier molecular flexibility index (Phi) is 4.69. The van der Waals surface area contributed by atoms with Gasteiger partial charge in [0, 0.05) is 30.6 Å². The van der Waals surface area contributed by atoms with Gasteiger partial charge in [-0.05, 0) is 35.7 Å². The van der Waals surface area contributed by atoms with E-state index < -0.39 is 0 Å². The molecule has 4 rings (SSSR count). The van der Waals surface area contributed by atoms with Crippen LogP contribution >= 0.6 is 0 Å². The predicted octanol–water partition coefficient (Wildman–Crippen LogP) is 3.67. The summed E-state index contributed by atoms with van der Waals surface area (Å²) < 4.78 is 11.1. The lowest BCUT2D eigenvalue weighted by atomic mass is 10.2. The molecule has 1 aliphatic rings. The van der Waals surface area contributed by atoms with Gasteiger partial charge < -0.3 is 14.5 Å². The van der Waals surface area contributed by atoms with Crippen LogP contribution < -0.4 is 10.1 Å². The highest BCUT2D eigenvalue weighted by atomic mass is 16.5. The molecule has 1 N–H and O–H groups in total. The standard InChI is InChI=1S/C21H20N2O3/c24-21(18-12-17(18)19-7-4-10-25-19)23-13-16-8-9-22-20(11-16)26-14-15-5-2-1-3-6-15/h1-11,17-18H,12-14H2,(H,23,24)/t17-,18+/m1/s1. The van der Waals surface area contributed by atoms with Crippen molar-refractivity contribution in [3.8, 4) is 5.88 Å². The summed E-state index contributed by atoms with van der Waals surface area (Å²) in [7, 11) is 0. The van der Waals surface area contributed by atoms with Crippen LogP contribution in [0, 0.1) is 5.92 Å². The van der Waals surface area contributed by atoms with Gasteiger partial charge in [0.1, 0.15) is 12.4 Å². The van der Waals surface area contributed by atoms with Crippen molar-refractivity contribution in [2.24, 2.45) is 5.92 Å². The third-order valence-corrected chi connectivity index (χ3v) is 4.53. The van der Waals surface area contributed by atoms with Crippen LogP contribution in [0.25, 0.3) is 0 Å². The molecule has 1 saturated carbocycles. The summed E-state index contributed by atoms with van der Waals surface area (Å²) >= 11 is 0. The van der Waals surface area contributed by atoms with Crippen LogP contribution in [0.5, 0.6) is 5.88 Å². The zero-order valence-corrected chi connectivity index (χ0v) is 14.3. The molecule has 1 aromatic carbocycles. The van der Waals surface area contributed by atoms with Crippen molar-refractivity contribution in [2.45, 2.75) is 25.5 Å². The maximum atomic E-state index is 12.3. The van der Waals surface area contributed by atoms with Gasteiger partial charge in [-0.2, -0.15) is 0 Å². The van der Waals surface area contributed by atoms with Gasteiger partial charge in [-0.3, -0.25) is 4.79 Å². The number of carbonyl (C=O) groups is 1. The van der Waals surface area contributed by atoms with E-state index in [-0.39, 0.29) is 17.7 Å². The predicted molar refractivity (Wildman–Crippen MR) is 96.4 cm³/mol. The Morgan fingerprint density at radius 1 is 1.15 bits per heavy atom. The smallest absolute Gasteiger partial charge is 0.224 e. The molecule has 0 spiro atoms. The topological polar surface area (TPSA) is 64.4 Å². The van der Waals surface area contributed by atoms with Crippen molar-refractivity contribution in [3.05, 3.63) is 83.9 Å². The van der Waals surface area contributed by atoms with E-state index in [1.165, 1.54) is 0 Å². The molecule has 5 nitrogen and oxygen atoms in total. The number of nitrogens with one attached hydrogen (secondary N) is 1. The van der Waals surface area contributed by atoms with E-state index in [1.807, 2.05) is 54.6 Å². The summed E-state index contributed by atoms with van der Waals surface area (Å²) in [5.74, 6) is 1.74. The molecule has 0 unspecified atom stereocenters. The van der Waals surface area contributed by atoms with Crippen LogP contribution in [0.3, 0.4) is 0 Å². The molecule has 2 aromatic heterocycles. The van der Waals surface area contributed by atoms with Crippen molar-refractivity contribution < 1.29 is 13.9 Å². The number of pyridine rings is 1. The zero-order chi connectivity index (χ0) is 17.8. The highest BCUT2D eigenvalue weighted by Gasteiger charge is 2.45. The van der Waals surface area contributed by atoms with Crippen molar-refractivity contribution >= 4 is 5.91 Å². The lowest BCUT2D eigenvalue weighted by Crippen LogP contribution is -2.24. The summed E-state index contributed by atoms with van der Waals surface area (Å²) in [4.78, 5) is 16.5. The molecule has 2 atom stereocenters. The number of rotatable bonds is 7. The van der Waals surface area contributed by atoms with E-state index in [2.05, 4.69) is 10.3 Å². The van der Waals surface area contributed by atoms with Gasteiger partial charge in [0.25, 0.3) is 0 Å². The summed E-state index contributed by atoms with van der Waals surface area (Å²) in [6.45, 7) is 0.932. The first kappa shape index (κ1) is 16.4. The molecule has 132 valence electrons. The maximum absolute atomic E-state index is 12.3. The highest BCUT2D eigenvalue weighted by molar-refractivity contribution is 5.82. The molecule has 0 aliphatic heterocycles. The first-order valence-electron chi connectivity index (χ1n) is 8.72. The molecule has 1 amide bonds. The second-order valence-corrected chi connectivity index (χ2v) is 6.46. The SMILES string of the molecule is O=C(NCc1ccnc(OCc2ccccc2)c1)[C@H]1C[C@H]1c1ccco1. The minimum atomic E-state index is 0.0109. The summed E-state index contributed by atoms with van der Waals surface area (Å²) in [6.07, 6.45) is 4.20. The first-order chi connectivity index (χ1) is 12.8. The monoisotopic (exact) mass is 348 g/mol. The number of amides is 1. The van der Waals surface area contributed by atoms with Gasteiger partial charge in [-0.25, -0.2) is 4.98 Å². The van der Waals surface area contributed by atoms with Gasteiger partial charge in [0.2, 0.25) is 11.8 Å². The lowest BCUT2D eigenvalue weighted by molar-refractivity contribution is -0.122. The van der Waals surface area contributed by atoms with E-state index >= 15 is 0 Å². The van der Waals surface area contributed by atoms with Gasteiger partial charge in [0.05, 0.1) is 6.26 Å². The number of ether oxygens (including phenoxy) is 1. The van der Waals surface area contributed by atoms with Crippen LogP contribution in [0.1, 0.15) is 29.2 Å². The first-order valence-corrected chi connectivity index (χ1v) is 8.72. The van der Waals surface area contributed by atoms with Crippen LogP contribution in [-0.2, 0) is 17.9 Å². The Hall–Kier alpha value is -3.08. The van der Waals surface area contributed by atoms with Crippen molar-refractivity contribution in [1.29, 1.82) is 0 Å². The largest absolute Gasteiger partial charge is 0.473 e. The van der Waals surface area contributed by atoms with Gasteiger partial charge >= 0.3 is 0 Å². The number of benzene rings is 1. The van der Waals surface area contributed by atoms with Crippen molar-refractivity contribution in [1.82, 2.24) is 10.3 Å². The molecule has 2 heterocycles. The number of nitrogens with zero attached hydrogens (tertiary/aromatic N) is 1. The Labute approximate surface area is 152 Å². The van der Waals surface area contributed by atoms with Gasteiger partial charge in [-0.15, -0.1) is 0 Å². The Morgan fingerprint density at radius 2 is 2.04 bits per heavy atom. The molecular weight excluding hydrogens is 328 g/mol. The van der Waals surface area contributed by atoms with Gasteiger partial charge in [-0.1, -0.05) is 30.3 Å². The molecule has 0 bridgehead atoms. The normalized spacial score (nSPS) is 18.3.